The van der Waals surface area contributed by atoms with E-state index in [2.05, 4.69) is 10.2 Å². The van der Waals surface area contributed by atoms with Gasteiger partial charge in [0.15, 0.2) is 0 Å². The first-order chi connectivity index (χ1) is 8.29. The summed E-state index contributed by atoms with van der Waals surface area (Å²) in [5.74, 6) is 1.82. The lowest BCUT2D eigenvalue weighted by atomic mass is 9.80. The predicted molar refractivity (Wildman–Crippen MR) is 66.8 cm³/mol. The predicted octanol–water partition coefficient (Wildman–Crippen LogP) is 1.93. The number of nitrogens with two attached hydrogens (primary N) is 1. The van der Waals surface area contributed by atoms with Gasteiger partial charge in [-0.15, -0.1) is 5.10 Å². The van der Waals surface area contributed by atoms with E-state index in [4.69, 9.17) is 10.5 Å². The number of ether oxygens (including phenoxy) is 1. The SMILES string of the molecule is Cc1ccc(OCC2CCCCC2CN)nn1. The molecule has 1 saturated carbocycles. The van der Waals surface area contributed by atoms with Gasteiger partial charge in [0.2, 0.25) is 5.88 Å². The van der Waals surface area contributed by atoms with Gasteiger partial charge in [0, 0.05) is 6.07 Å². The van der Waals surface area contributed by atoms with E-state index in [0.29, 0.717) is 17.7 Å². The summed E-state index contributed by atoms with van der Waals surface area (Å²) in [7, 11) is 0. The summed E-state index contributed by atoms with van der Waals surface area (Å²) in [5.41, 5.74) is 6.71. The van der Waals surface area contributed by atoms with Crippen LogP contribution < -0.4 is 10.5 Å². The molecule has 2 rings (SSSR count). The minimum atomic E-state index is 0.580. The molecule has 0 saturated heterocycles. The number of nitrogens with zero attached hydrogens (tertiary/aromatic N) is 2. The van der Waals surface area contributed by atoms with E-state index >= 15 is 0 Å². The molecule has 4 nitrogen and oxygen atoms in total. The van der Waals surface area contributed by atoms with Crippen LogP contribution >= 0.6 is 0 Å². The zero-order valence-corrected chi connectivity index (χ0v) is 10.4. The van der Waals surface area contributed by atoms with Gasteiger partial charge in [0.05, 0.1) is 12.3 Å². The Hall–Kier alpha value is -1.16. The maximum atomic E-state index is 5.80. The van der Waals surface area contributed by atoms with Gasteiger partial charge >= 0.3 is 0 Å². The van der Waals surface area contributed by atoms with Crippen LogP contribution in [0, 0.1) is 18.8 Å². The fourth-order valence-electron chi connectivity index (χ4n) is 2.47. The molecule has 2 unspecified atom stereocenters. The first-order valence-electron chi connectivity index (χ1n) is 6.43. The zero-order chi connectivity index (χ0) is 12.1. The summed E-state index contributed by atoms with van der Waals surface area (Å²) in [6.07, 6.45) is 5.07. The van der Waals surface area contributed by atoms with Gasteiger partial charge < -0.3 is 10.5 Å². The molecular formula is C13H21N3O. The largest absolute Gasteiger partial charge is 0.476 e. The quantitative estimate of drug-likeness (QED) is 0.866. The fraction of sp³-hybridized carbons (Fsp3) is 0.692. The highest BCUT2D eigenvalue weighted by Crippen LogP contribution is 2.29. The second-order valence-electron chi connectivity index (χ2n) is 4.86. The van der Waals surface area contributed by atoms with E-state index in [9.17, 15) is 0 Å². The fourth-order valence-corrected chi connectivity index (χ4v) is 2.47. The van der Waals surface area contributed by atoms with Crippen LogP contribution in [0.1, 0.15) is 31.4 Å². The smallest absolute Gasteiger partial charge is 0.233 e. The maximum Gasteiger partial charge on any atom is 0.233 e. The third kappa shape index (κ3) is 3.40. The number of hydrogen-bond acceptors (Lipinski definition) is 4. The average Bonchev–Trinajstić information content (AvgIpc) is 2.38. The van der Waals surface area contributed by atoms with Crippen LogP contribution in [0.4, 0.5) is 0 Å². The Morgan fingerprint density at radius 3 is 2.65 bits per heavy atom. The second kappa shape index (κ2) is 5.96. The van der Waals surface area contributed by atoms with Gasteiger partial charge in [-0.1, -0.05) is 12.8 Å². The molecule has 1 aromatic heterocycles. The summed E-state index contributed by atoms with van der Waals surface area (Å²) in [6, 6.07) is 3.80. The molecule has 1 aliphatic carbocycles. The molecule has 0 aromatic carbocycles. The standard InChI is InChI=1S/C13H21N3O/c1-10-6-7-13(16-15-10)17-9-12-5-3-2-4-11(12)8-14/h6-7,11-12H,2-5,8-9,14H2,1H3. The summed E-state index contributed by atoms with van der Waals surface area (Å²) >= 11 is 0. The van der Waals surface area contributed by atoms with Gasteiger partial charge in [0.25, 0.3) is 0 Å². The van der Waals surface area contributed by atoms with Crippen molar-refractivity contribution in [3.05, 3.63) is 17.8 Å². The van der Waals surface area contributed by atoms with Crippen molar-refractivity contribution in [3.63, 3.8) is 0 Å². The zero-order valence-electron chi connectivity index (χ0n) is 10.4. The van der Waals surface area contributed by atoms with E-state index < -0.39 is 0 Å². The molecule has 0 spiro atoms. The van der Waals surface area contributed by atoms with Gasteiger partial charge in [-0.25, -0.2) is 0 Å². The topological polar surface area (TPSA) is 61.0 Å². The molecule has 1 fully saturated rings. The molecule has 1 aromatic rings. The monoisotopic (exact) mass is 235 g/mol. The normalized spacial score (nSPS) is 24.6. The van der Waals surface area contributed by atoms with E-state index in [1.165, 1.54) is 25.7 Å². The molecule has 94 valence electrons. The van der Waals surface area contributed by atoms with Gasteiger partial charge in [-0.05, 0) is 44.2 Å². The molecular weight excluding hydrogens is 214 g/mol. The molecule has 0 radical (unpaired) electrons. The molecule has 17 heavy (non-hydrogen) atoms. The molecule has 2 N–H and O–H groups in total. The highest BCUT2D eigenvalue weighted by atomic mass is 16.5. The molecule has 0 amide bonds. The molecule has 1 aliphatic rings. The Balaban J connectivity index is 1.86. The van der Waals surface area contributed by atoms with Crippen LogP contribution in [0.3, 0.4) is 0 Å². The minimum Gasteiger partial charge on any atom is -0.476 e. The highest BCUT2D eigenvalue weighted by Gasteiger charge is 2.24. The Morgan fingerprint density at radius 1 is 1.24 bits per heavy atom. The molecule has 4 heteroatoms. The van der Waals surface area contributed by atoms with Crippen molar-refractivity contribution in [3.8, 4) is 5.88 Å². The number of hydrogen-bond donors (Lipinski definition) is 1. The van der Waals surface area contributed by atoms with Crippen LogP contribution in [0.15, 0.2) is 12.1 Å². The lowest BCUT2D eigenvalue weighted by molar-refractivity contribution is 0.148. The summed E-state index contributed by atoms with van der Waals surface area (Å²) in [5, 5.41) is 7.99. The molecule has 0 aliphatic heterocycles. The van der Waals surface area contributed by atoms with Crippen molar-refractivity contribution in [2.24, 2.45) is 17.6 Å². The van der Waals surface area contributed by atoms with Crippen molar-refractivity contribution in [1.29, 1.82) is 0 Å². The van der Waals surface area contributed by atoms with Crippen LogP contribution in [0.25, 0.3) is 0 Å². The van der Waals surface area contributed by atoms with Crippen LogP contribution in [0.2, 0.25) is 0 Å². The molecule has 1 heterocycles. The number of aryl methyl sites for hydroxylation is 1. The van der Waals surface area contributed by atoms with Crippen molar-refractivity contribution < 1.29 is 4.74 Å². The Bertz CT molecular complexity index is 339. The van der Waals surface area contributed by atoms with Crippen molar-refractivity contribution >= 4 is 0 Å². The lowest BCUT2D eigenvalue weighted by Crippen LogP contribution is -2.30. The van der Waals surface area contributed by atoms with Gasteiger partial charge in [0.1, 0.15) is 0 Å². The first kappa shape index (κ1) is 12.3. The van der Waals surface area contributed by atoms with Crippen LogP contribution in [0.5, 0.6) is 5.88 Å². The maximum absolute atomic E-state index is 5.80. The molecule has 0 bridgehead atoms. The number of rotatable bonds is 4. The van der Waals surface area contributed by atoms with Crippen molar-refractivity contribution in [2.45, 2.75) is 32.6 Å². The van der Waals surface area contributed by atoms with Crippen LogP contribution in [-0.4, -0.2) is 23.3 Å². The van der Waals surface area contributed by atoms with Crippen molar-refractivity contribution in [1.82, 2.24) is 10.2 Å². The third-order valence-electron chi connectivity index (χ3n) is 3.59. The summed E-state index contributed by atoms with van der Waals surface area (Å²) < 4.78 is 5.70. The van der Waals surface area contributed by atoms with Crippen molar-refractivity contribution in [2.75, 3.05) is 13.2 Å². The average molecular weight is 235 g/mol. The summed E-state index contributed by atoms with van der Waals surface area (Å²) in [4.78, 5) is 0. The van der Waals surface area contributed by atoms with E-state index in [-0.39, 0.29) is 0 Å². The van der Waals surface area contributed by atoms with Crippen LogP contribution in [-0.2, 0) is 0 Å². The first-order valence-corrected chi connectivity index (χ1v) is 6.43. The Labute approximate surface area is 103 Å². The van der Waals surface area contributed by atoms with E-state index in [1.807, 2.05) is 19.1 Å². The Kier molecular flexibility index (Phi) is 4.31. The second-order valence-corrected chi connectivity index (χ2v) is 4.86. The van der Waals surface area contributed by atoms with Gasteiger partial charge in [-0.3, -0.25) is 0 Å². The third-order valence-corrected chi connectivity index (χ3v) is 3.59. The lowest BCUT2D eigenvalue weighted by Gasteiger charge is -2.30. The molecule has 2 atom stereocenters. The van der Waals surface area contributed by atoms with E-state index in [1.54, 1.807) is 0 Å². The summed E-state index contributed by atoms with van der Waals surface area (Å²) in [6.45, 7) is 3.41. The van der Waals surface area contributed by atoms with Gasteiger partial charge in [-0.2, -0.15) is 5.10 Å². The highest BCUT2D eigenvalue weighted by molar-refractivity contribution is 5.10. The number of aromatic nitrogens is 2. The van der Waals surface area contributed by atoms with E-state index in [0.717, 1.165) is 18.8 Å². The Morgan fingerprint density at radius 2 is 2.00 bits per heavy atom. The minimum absolute atomic E-state index is 0.580.